The second-order valence-corrected chi connectivity index (χ2v) is 5.22. The van der Waals surface area contributed by atoms with Gasteiger partial charge in [0.1, 0.15) is 6.23 Å². The second kappa shape index (κ2) is 7.38. The molecule has 18 heavy (non-hydrogen) atoms. The highest BCUT2D eigenvalue weighted by molar-refractivity contribution is 7.98. The molecule has 100 valence electrons. The topological polar surface area (TPSA) is 68.5 Å². The average Bonchev–Trinajstić information content (AvgIpc) is 2.38. The third kappa shape index (κ3) is 3.99. The van der Waals surface area contributed by atoms with Gasteiger partial charge in [-0.1, -0.05) is 13.0 Å². The van der Waals surface area contributed by atoms with Gasteiger partial charge < -0.3 is 10.4 Å². The zero-order valence-electron chi connectivity index (χ0n) is 11.1. The van der Waals surface area contributed by atoms with Crippen molar-refractivity contribution in [1.82, 2.24) is 0 Å². The van der Waals surface area contributed by atoms with E-state index < -0.39 is 6.23 Å². The second-order valence-electron chi connectivity index (χ2n) is 4.37. The minimum absolute atomic E-state index is 0.0661. The van der Waals surface area contributed by atoms with E-state index in [0.29, 0.717) is 13.0 Å². The lowest BCUT2D eigenvalue weighted by Crippen LogP contribution is -2.27. The van der Waals surface area contributed by atoms with Crippen LogP contribution in [0.2, 0.25) is 0 Å². The van der Waals surface area contributed by atoms with Gasteiger partial charge in [-0.05, 0) is 37.3 Å². The molecule has 1 aromatic carbocycles. The first-order chi connectivity index (χ1) is 8.60. The Morgan fingerprint density at radius 2 is 2.22 bits per heavy atom. The van der Waals surface area contributed by atoms with Gasteiger partial charge >= 0.3 is 0 Å². The van der Waals surface area contributed by atoms with E-state index in [0.717, 1.165) is 11.3 Å². The molecule has 0 saturated heterocycles. The lowest BCUT2D eigenvalue weighted by Gasteiger charge is -2.22. The van der Waals surface area contributed by atoms with Crippen molar-refractivity contribution in [2.24, 2.45) is 11.0 Å². The van der Waals surface area contributed by atoms with Crippen LogP contribution in [0.4, 0.5) is 5.69 Å². The summed E-state index contributed by atoms with van der Waals surface area (Å²) in [6, 6.07) is 6.03. The molecule has 2 atom stereocenters. The van der Waals surface area contributed by atoms with Crippen LogP contribution in [0.3, 0.4) is 0 Å². The molecule has 0 spiro atoms. The largest absolute Gasteiger partial charge is 0.374 e. The molecule has 1 aromatic rings. The maximum Gasteiger partial charge on any atom is 0.127 e. The van der Waals surface area contributed by atoms with Crippen LogP contribution in [0.15, 0.2) is 28.2 Å². The van der Waals surface area contributed by atoms with Crippen LogP contribution in [-0.2, 0) is 0 Å². The Labute approximate surface area is 113 Å². The van der Waals surface area contributed by atoms with Crippen molar-refractivity contribution >= 4 is 17.4 Å². The van der Waals surface area contributed by atoms with E-state index in [1.54, 1.807) is 11.8 Å². The number of nitrogens with one attached hydrogen (secondary N) is 2. The SMILES string of the molecule is CSc1cccc(NC(O)C(C)CCN=N)c1C. The Morgan fingerprint density at radius 3 is 2.83 bits per heavy atom. The first-order valence-corrected chi connectivity index (χ1v) is 7.24. The van der Waals surface area contributed by atoms with Gasteiger partial charge in [0.05, 0.1) is 6.54 Å². The van der Waals surface area contributed by atoms with Gasteiger partial charge in [0.15, 0.2) is 0 Å². The highest BCUT2D eigenvalue weighted by atomic mass is 32.2. The number of hydrogen-bond donors (Lipinski definition) is 3. The molecule has 2 unspecified atom stereocenters. The molecule has 0 aliphatic rings. The molecular formula is C13H21N3OS. The van der Waals surface area contributed by atoms with Crippen molar-refractivity contribution in [2.75, 3.05) is 18.1 Å². The Morgan fingerprint density at radius 1 is 1.50 bits per heavy atom. The standard InChI is InChI=1S/C13H21N3OS/c1-9(7-8-15-14)13(17)16-11-5-4-6-12(18-3)10(11)2/h4-6,9,13-14,16-17H,7-8H2,1-3H3. The van der Waals surface area contributed by atoms with Gasteiger partial charge in [-0.15, -0.1) is 11.8 Å². The number of thioether (sulfide) groups is 1. The maximum absolute atomic E-state index is 10.1. The van der Waals surface area contributed by atoms with E-state index in [4.69, 9.17) is 5.53 Å². The van der Waals surface area contributed by atoms with Crippen molar-refractivity contribution in [3.8, 4) is 0 Å². The van der Waals surface area contributed by atoms with E-state index in [1.807, 2.05) is 32.2 Å². The summed E-state index contributed by atoms with van der Waals surface area (Å²) in [4.78, 5) is 1.21. The molecule has 0 saturated carbocycles. The van der Waals surface area contributed by atoms with Crippen molar-refractivity contribution < 1.29 is 5.11 Å². The summed E-state index contributed by atoms with van der Waals surface area (Å²) in [6.45, 7) is 4.46. The van der Waals surface area contributed by atoms with E-state index in [1.165, 1.54) is 4.90 Å². The molecule has 0 aromatic heterocycles. The highest BCUT2D eigenvalue weighted by Crippen LogP contribution is 2.27. The lowest BCUT2D eigenvalue weighted by atomic mass is 10.1. The first-order valence-electron chi connectivity index (χ1n) is 6.01. The number of anilines is 1. The van der Waals surface area contributed by atoms with Crippen molar-refractivity contribution in [3.63, 3.8) is 0 Å². The van der Waals surface area contributed by atoms with Crippen LogP contribution in [0.5, 0.6) is 0 Å². The van der Waals surface area contributed by atoms with Crippen LogP contribution in [0.1, 0.15) is 18.9 Å². The normalized spacial score (nSPS) is 14.0. The minimum atomic E-state index is -0.609. The average molecular weight is 267 g/mol. The van der Waals surface area contributed by atoms with Crippen molar-refractivity contribution in [3.05, 3.63) is 23.8 Å². The zero-order valence-corrected chi connectivity index (χ0v) is 11.9. The van der Waals surface area contributed by atoms with E-state index in [9.17, 15) is 5.11 Å². The lowest BCUT2D eigenvalue weighted by molar-refractivity contribution is 0.139. The smallest absolute Gasteiger partial charge is 0.127 e. The Kier molecular flexibility index (Phi) is 6.15. The number of nitrogens with zero attached hydrogens (tertiary/aromatic N) is 1. The molecule has 0 amide bonds. The maximum atomic E-state index is 10.1. The van der Waals surface area contributed by atoms with E-state index in [-0.39, 0.29) is 5.92 Å². The summed E-state index contributed by atoms with van der Waals surface area (Å²) in [5, 5.41) is 16.5. The summed E-state index contributed by atoms with van der Waals surface area (Å²) >= 11 is 1.70. The Balaban J connectivity index is 2.69. The molecular weight excluding hydrogens is 246 g/mol. The molecule has 1 rings (SSSR count). The third-order valence-electron chi connectivity index (χ3n) is 3.04. The van der Waals surface area contributed by atoms with Crippen molar-refractivity contribution in [2.45, 2.75) is 31.4 Å². The van der Waals surface area contributed by atoms with Crippen LogP contribution < -0.4 is 5.32 Å². The van der Waals surface area contributed by atoms with Gasteiger partial charge in [0.25, 0.3) is 0 Å². The predicted octanol–water partition coefficient (Wildman–Crippen LogP) is 3.50. The zero-order chi connectivity index (χ0) is 13.5. The van der Waals surface area contributed by atoms with E-state index in [2.05, 4.69) is 16.5 Å². The quantitative estimate of drug-likeness (QED) is 0.402. The van der Waals surface area contributed by atoms with Gasteiger partial charge in [-0.2, -0.15) is 5.11 Å². The van der Waals surface area contributed by atoms with Gasteiger partial charge in [-0.25, -0.2) is 5.53 Å². The Hall–Kier alpha value is -1.07. The summed E-state index contributed by atoms with van der Waals surface area (Å²) < 4.78 is 0. The number of aliphatic hydroxyl groups is 1. The predicted molar refractivity (Wildman–Crippen MR) is 76.4 cm³/mol. The summed E-state index contributed by atoms with van der Waals surface area (Å²) in [5.41, 5.74) is 8.88. The minimum Gasteiger partial charge on any atom is -0.374 e. The fourth-order valence-corrected chi connectivity index (χ4v) is 2.35. The molecule has 0 aliphatic carbocycles. The van der Waals surface area contributed by atoms with Crippen LogP contribution in [0, 0.1) is 18.4 Å². The monoisotopic (exact) mass is 267 g/mol. The van der Waals surface area contributed by atoms with Crippen LogP contribution >= 0.6 is 11.8 Å². The third-order valence-corrected chi connectivity index (χ3v) is 3.92. The van der Waals surface area contributed by atoms with Crippen LogP contribution in [-0.4, -0.2) is 24.1 Å². The van der Waals surface area contributed by atoms with Gasteiger partial charge in [-0.3, -0.25) is 0 Å². The molecule has 0 bridgehead atoms. The summed E-state index contributed by atoms with van der Waals surface area (Å²) in [5.74, 6) is 0.0661. The molecule has 3 N–H and O–H groups in total. The number of rotatable bonds is 7. The number of benzene rings is 1. The van der Waals surface area contributed by atoms with E-state index >= 15 is 0 Å². The first kappa shape index (κ1) is 15.0. The summed E-state index contributed by atoms with van der Waals surface area (Å²) in [7, 11) is 0. The van der Waals surface area contributed by atoms with Gasteiger partial charge in [0, 0.05) is 16.5 Å². The molecule has 0 heterocycles. The molecule has 5 heteroatoms. The fourth-order valence-electron chi connectivity index (χ4n) is 1.72. The number of aliphatic hydroxyl groups excluding tert-OH is 1. The van der Waals surface area contributed by atoms with Crippen molar-refractivity contribution in [1.29, 1.82) is 5.53 Å². The highest BCUT2D eigenvalue weighted by Gasteiger charge is 2.15. The number of hydrogen-bond acceptors (Lipinski definition) is 5. The van der Waals surface area contributed by atoms with Gasteiger partial charge in [0.2, 0.25) is 0 Å². The molecule has 0 radical (unpaired) electrons. The Bertz CT molecular complexity index is 398. The summed E-state index contributed by atoms with van der Waals surface area (Å²) in [6.07, 6.45) is 2.14. The fraction of sp³-hybridized carbons (Fsp3) is 0.538. The molecule has 0 fully saturated rings. The molecule has 4 nitrogen and oxygen atoms in total. The molecule has 0 aliphatic heterocycles. The van der Waals surface area contributed by atoms with Crippen LogP contribution in [0.25, 0.3) is 0 Å².